The Morgan fingerprint density at radius 3 is 2.75 bits per heavy atom. The fourth-order valence-electron chi connectivity index (χ4n) is 1.15. The highest BCUT2D eigenvalue weighted by Crippen LogP contribution is 2.29. The van der Waals surface area contributed by atoms with E-state index < -0.39 is 6.10 Å². The van der Waals surface area contributed by atoms with E-state index in [0.717, 1.165) is 15.2 Å². The number of hydrogen-bond donors (Lipinski definition) is 2. The van der Waals surface area contributed by atoms with Crippen LogP contribution in [0.4, 0.5) is 5.69 Å². The van der Waals surface area contributed by atoms with Gasteiger partial charge in [-0.25, -0.2) is 0 Å². The normalized spacial score (nSPS) is 12.2. The summed E-state index contributed by atoms with van der Waals surface area (Å²) in [6, 6.07) is 3.52. The average molecular weight is 371 g/mol. The van der Waals surface area contributed by atoms with Gasteiger partial charge in [0.05, 0.1) is 17.7 Å². The molecular weight excluding hydrogens is 361 g/mol. The molecule has 0 aromatic heterocycles. The Balaban J connectivity index is 2.89. The fraction of sp³-hybridized carbons (Fsp3) is 0.300. The zero-order chi connectivity index (χ0) is 12.1. The number of aliphatic hydroxyl groups excluding tert-OH is 1. The third-order valence-electron chi connectivity index (χ3n) is 1.91. The van der Waals surface area contributed by atoms with Crippen LogP contribution in [0.5, 0.6) is 0 Å². The molecule has 1 unspecified atom stereocenters. The van der Waals surface area contributed by atoms with Gasteiger partial charge in [0.25, 0.3) is 0 Å². The van der Waals surface area contributed by atoms with Crippen LogP contribution in [0.1, 0.15) is 10.4 Å². The minimum absolute atomic E-state index is 0.150. The molecule has 0 heterocycles. The first kappa shape index (κ1) is 14.0. The summed E-state index contributed by atoms with van der Waals surface area (Å²) in [7, 11) is 0. The summed E-state index contributed by atoms with van der Waals surface area (Å²) in [5.74, 6) is 0.150. The van der Waals surface area contributed by atoms with Gasteiger partial charge in [-0.3, -0.25) is 4.79 Å². The second-order valence-corrected chi connectivity index (χ2v) is 5.24. The number of nitrogens with one attached hydrogen (secondary N) is 1. The Labute approximate surface area is 115 Å². The van der Waals surface area contributed by atoms with Gasteiger partial charge in [0.1, 0.15) is 0 Å². The van der Waals surface area contributed by atoms with Crippen LogP contribution in [0.15, 0.2) is 21.1 Å². The summed E-state index contributed by atoms with van der Waals surface area (Å²) in [5.41, 5.74) is 1.17. The summed E-state index contributed by atoms with van der Waals surface area (Å²) >= 11 is 12.1. The quantitative estimate of drug-likeness (QED) is 0.618. The molecule has 0 amide bonds. The minimum Gasteiger partial charge on any atom is -0.390 e. The summed E-state index contributed by atoms with van der Waals surface area (Å²) in [5, 5.41) is 12.3. The number of aliphatic hydroxyl groups is 1. The predicted molar refractivity (Wildman–Crippen MR) is 72.4 cm³/mol. The van der Waals surface area contributed by atoms with E-state index in [9.17, 15) is 9.90 Å². The van der Waals surface area contributed by atoms with Crippen molar-refractivity contribution >= 4 is 55.4 Å². The van der Waals surface area contributed by atoms with Crippen molar-refractivity contribution in [2.24, 2.45) is 0 Å². The molecule has 6 heteroatoms. The molecule has 88 valence electrons. The van der Waals surface area contributed by atoms with Crippen molar-refractivity contribution in [3.8, 4) is 0 Å². The zero-order valence-corrected chi connectivity index (χ0v) is 12.1. The number of aldehydes is 1. The topological polar surface area (TPSA) is 49.3 Å². The van der Waals surface area contributed by atoms with Crippen LogP contribution in [0, 0.1) is 0 Å². The van der Waals surface area contributed by atoms with Crippen LogP contribution in [-0.2, 0) is 0 Å². The molecule has 0 aliphatic heterocycles. The molecule has 1 rings (SSSR count). The fourth-order valence-corrected chi connectivity index (χ4v) is 2.65. The largest absolute Gasteiger partial charge is 0.390 e. The smallest absolute Gasteiger partial charge is 0.152 e. The maximum Gasteiger partial charge on any atom is 0.152 e. The molecule has 0 saturated carbocycles. The third kappa shape index (κ3) is 3.73. The van der Waals surface area contributed by atoms with E-state index in [-0.39, 0.29) is 5.88 Å². The molecule has 0 bridgehead atoms. The lowest BCUT2D eigenvalue weighted by atomic mass is 10.2. The van der Waals surface area contributed by atoms with Crippen molar-refractivity contribution < 1.29 is 9.90 Å². The van der Waals surface area contributed by atoms with Gasteiger partial charge in [0, 0.05) is 21.1 Å². The van der Waals surface area contributed by atoms with Crippen LogP contribution in [0.3, 0.4) is 0 Å². The van der Waals surface area contributed by atoms with Crippen molar-refractivity contribution in [3.05, 3.63) is 26.6 Å². The summed E-state index contributed by atoms with van der Waals surface area (Å²) in [4.78, 5) is 10.9. The molecule has 0 radical (unpaired) electrons. The van der Waals surface area contributed by atoms with E-state index >= 15 is 0 Å². The minimum atomic E-state index is -0.642. The molecule has 1 aromatic carbocycles. The first-order valence-corrected chi connectivity index (χ1v) is 6.62. The van der Waals surface area contributed by atoms with E-state index in [1.54, 1.807) is 6.07 Å². The molecular formula is C10H10Br2ClNO2. The second-order valence-electron chi connectivity index (χ2n) is 3.16. The molecule has 3 nitrogen and oxygen atoms in total. The van der Waals surface area contributed by atoms with Gasteiger partial charge in [-0.05, 0) is 28.1 Å². The molecule has 0 aliphatic rings. The van der Waals surface area contributed by atoms with E-state index in [0.29, 0.717) is 17.8 Å². The zero-order valence-electron chi connectivity index (χ0n) is 8.21. The van der Waals surface area contributed by atoms with E-state index in [1.165, 1.54) is 0 Å². The Hall–Kier alpha value is -0.100. The SMILES string of the molecule is O=Cc1cc(Br)cc(Br)c1NCC(O)CCl. The number of benzene rings is 1. The lowest BCUT2D eigenvalue weighted by molar-refractivity contribution is 0.112. The van der Waals surface area contributed by atoms with Crippen molar-refractivity contribution in [1.29, 1.82) is 0 Å². The van der Waals surface area contributed by atoms with E-state index in [2.05, 4.69) is 37.2 Å². The highest BCUT2D eigenvalue weighted by Gasteiger charge is 2.09. The summed E-state index contributed by atoms with van der Waals surface area (Å²) in [6.45, 7) is 0.296. The average Bonchev–Trinajstić information content (AvgIpc) is 2.26. The molecule has 0 aliphatic carbocycles. The van der Waals surface area contributed by atoms with E-state index in [1.807, 2.05) is 6.07 Å². The Kier molecular flexibility index (Phi) is 5.75. The van der Waals surface area contributed by atoms with Gasteiger partial charge in [0.15, 0.2) is 6.29 Å². The molecule has 0 fully saturated rings. The second kappa shape index (κ2) is 6.59. The Bertz CT molecular complexity index is 387. The molecule has 2 N–H and O–H groups in total. The van der Waals surface area contributed by atoms with Crippen LogP contribution in [0.25, 0.3) is 0 Å². The first-order chi connectivity index (χ1) is 7.58. The standard InChI is InChI=1S/C10H10Br2ClNO2/c11-7-1-6(5-15)10(9(12)2-7)14-4-8(16)3-13/h1-2,5,8,14,16H,3-4H2. The number of hydrogen-bond acceptors (Lipinski definition) is 3. The van der Waals surface area contributed by atoms with Gasteiger partial charge >= 0.3 is 0 Å². The van der Waals surface area contributed by atoms with Crippen LogP contribution < -0.4 is 5.32 Å². The Morgan fingerprint density at radius 1 is 1.50 bits per heavy atom. The van der Waals surface area contributed by atoms with Crippen molar-refractivity contribution in [2.45, 2.75) is 6.10 Å². The number of carbonyl (C=O) groups is 1. The monoisotopic (exact) mass is 369 g/mol. The van der Waals surface area contributed by atoms with Crippen molar-refractivity contribution in [1.82, 2.24) is 0 Å². The molecule has 1 aromatic rings. The van der Waals surface area contributed by atoms with Crippen LogP contribution in [0.2, 0.25) is 0 Å². The molecule has 16 heavy (non-hydrogen) atoms. The number of halogens is 3. The number of carbonyl (C=O) groups excluding carboxylic acids is 1. The first-order valence-electron chi connectivity index (χ1n) is 4.50. The van der Waals surface area contributed by atoms with Crippen LogP contribution in [-0.4, -0.2) is 29.9 Å². The van der Waals surface area contributed by atoms with Gasteiger partial charge in [-0.15, -0.1) is 11.6 Å². The van der Waals surface area contributed by atoms with Gasteiger partial charge in [-0.1, -0.05) is 15.9 Å². The maximum absolute atomic E-state index is 10.9. The number of alkyl halides is 1. The van der Waals surface area contributed by atoms with E-state index in [4.69, 9.17) is 11.6 Å². The van der Waals surface area contributed by atoms with Gasteiger partial charge in [0.2, 0.25) is 0 Å². The predicted octanol–water partition coefficient (Wildman–Crippen LogP) is 3.04. The van der Waals surface area contributed by atoms with Crippen LogP contribution >= 0.6 is 43.5 Å². The lowest BCUT2D eigenvalue weighted by Crippen LogP contribution is -2.21. The maximum atomic E-state index is 10.9. The highest BCUT2D eigenvalue weighted by molar-refractivity contribution is 9.11. The lowest BCUT2D eigenvalue weighted by Gasteiger charge is -2.13. The summed E-state index contributed by atoms with van der Waals surface area (Å²) < 4.78 is 1.57. The molecule has 0 spiro atoms. The van der Waals surface area contributed by atoms with Crippen molar-refractivity contribution in [3.63, 3.8) is 0 Å². The molecule has 1 atom stereocenters. The summed E-state index contributed by atoms with van der Waals surface area (Å²) in [6.07, 6.45) is 0.113. The molecule has 0 saturated heterocycles. The van der Waals surface area contributed by atoms with Gasteiger partial charge in [-0.2, -0.15) is 0 Å². The van der Waals surface area contributed by atoms with Gasteiger partial charge < -0.3 is 10.4 Å². The third-order valence-corrected chi connectivity index (χ3v) is 3.34. The Morgan fingerprint density at radius 2 is 2.19 bits per heavy atom. The number of rotatable bonds is 5. The number of anilines is 1. The highest BCUT2D eigenvalue weighted by atomic mass is 79.9. The van der Waals surface area contributed by atoms with Crippen molar-refractivity contribution in [2.75, 3.05) is 17.7 Å².